The molecule has 1 nitrogen and oxygen atoms in total. The number of allylic oxidation sites excluding steroid dienone is 4. The minimum absolute atomic E-state index is 0.398. The number of hydrogen-bond donors (Lipinski definition) is 0. The van der Waals surface area contributed by atoms with E-state index >= 15 is 0 Å². The third kappa shape index (κ3) is 4.89. The fraction of sp³-hybridized carbons (Fsp3) is 0.0714. The van der Waals surface area contributed by atoms with Crippen molar-refractivity contribution < 1.29 is 0 Å². The molecule has 0 saturated heterocycles. The summed E-state index contributed by atoms with van der Waals surface area (Å²) in [4.78, 5) is 2.43. The minimum atomic E-state index is -0.479. The average Bonchev–Trinajstić information content (AvgIpc) is 3.76. The molecule has 0 bridgehead atoms. The van der Waals surface area contributed by atoms with Gasteiger partial charge in [-0.2, -0.15) is 0 Å². The van der Waals surface area contributed by atoms with Gasteiger partial charge in [-0.25, -0.2) is 0 Å². The zero-order valence-electron chi connectivity index (χ0n) is 31.7. The van der Waals surface area contributed by atoms with E-state index in [9.17, 15) is 0 Å². The Morgan fingerprint density at radius 2 is 0.772 bits per heavy atom. The highest BCUT2D eigenvalue weighted by Gasteiger charge is 2.48. The van der Waals surface area contributed by atoms with Crippen molar-refractivity contribution in [3.8, 4) is 22.3 Å². The van der Waals surface area contributed by atoms with Crippen molar-refractivity contribution >= 4 is 17.1 Å². The van der Waals surface area contributed by atoms with Crippen molar-refractivity contribution in [2.45, 2.75) is 23.7 Å². The Hall–Kier alpha value is -6.96. The summed E-state index contributed by atoms with van der Waals surface area (Å²) in [6.07, 6.45) is 9.32. The number of anilines is 3. The van der Waals surface area contributed by atoms with Gasteiger partial charge in [-0.05, 0) is 116 Å². The molecule has 0 amide bonds. The van der Waals surface area contributed by atoms with E-state index in [4.69, 9.17) is 0 Å². The van der Waals surface area contributed by atoms with Crippen LogP contribution in [-0.2, 0) is 10.8 Å². The molecule has 0 saturated carbocycles. The van der Waals surface area contributed by atoms with Crippen LogP contribution in [0.5, 0.6) is 0 Å². The van der Waals surface area contributed by atoms with Crippen LogP contribution >= 0.6 is 0 Å². The second-order valence-electron chi connectivity index (χ2n) is 15.5. The van der Waals surface area contributed by atoms with Crippen LogP contribution in [0.15, 0.2) is 230 Å². The van der Waals surface area contributed by atoms with E-state index in [1.165, 1.54) is 66.8 Å². The van der Waals surface area contributed by atoms with Gasteiger partial charge >= 0.3 is 0 Å². The van der Waals surface area contributed by atoms with Crippen LogP contribution in [0.4, 0.5) is 17.1 Å². The molecule has 0 unspecified atom stereocenters. The van der Waals surface area contributed by atoms with Gasteiger partial charge in [0.1, 0.15) is 0 Å². The van der Waals surface area contributed by atoms with Crippen LogP contribution in [0.1, 0.15) is 51.8 Å². The molecule has 0 radical (unpaired) electrons. The number of para-hydroxylation sites is 1. The van der Waals surface area contributed by atoms with Crippen LogP contribution < -0.4 is 4.90 Å². The summed E-state index contributed by atoms with van der Waals surface area (Å²) in [6, 6.07) is 76.6. The topological polar surface area (TPSA) is 3.24 Å². The maximum Gasteiger partial charge on any atom is 0.0714 e. The highest BCUT2D eigenvalue weighted by atomic mass is 15.1. The first-order chi connectivity index (χ1) is 28.3. The lowest BCUT2D eigenvalue weighted by molar-refractivity contribution is 0.751. The normalized spacial score (nSPS) is 15.2. The lowest BCUT2D eigenvalue weighted by atomic mass is 9.66. The largest absolute Gasteiger partial charge is 0.310 e. The number of hydrogen-bond acceptors (Lipinski definition) is 1. The Balaban J connectivity index is 1.12. The second-order valence-corrected chi connectivity index (χ2v) is 15.5. The van der Waals surface area contributed by atoms with Gasteiger partial charge in [0.05, 0.1) is 10.8 Å². The smallest absolute Gasteiger partial charge is 0.0714 e. The Morgan fingerprint density at radius 1 is 0.333 bits per heavy atom. The van der Waals surface area contributed by atoms with E-state index in [-0.39, 0.29) is 0 Å². The van der Waals surface area contributed by atoms with Crippen molar-refractivity contribution in [2.24, 2.45) is 0 Å². The third-order valence-electron chi connectivity index (χ3n) is 12.7. The molecule has 11 rings (SSSR count). The van der Waals surface area contributed by atoms with Crippen LogP contribution in [0.25, 0.3) is 22.3 Å². The third-order valence-corrected chi connectivity index (χ3v) is 12.7. The predicted molar refractivity (Wildman–Crippen MR) is 237 cm³/mol. The van der Waals surface area contributed by atoms with Gasteiger partial charge in [0, 0.05) is 17.1 Å². The Bertz CT molecular complexity index is 2740. The summed E-state index contributed by atoms with van der Waals surface area (Å²) in [5.74, 6) is 0. The zero-order chi connectivity index (χ0) is 37.8. The van der Waals surface area contributed by atoms with Gasteiger partial charge in [0.15, 0.2) is 0 Å². The van der Waals surface area contributed by atoms with Crippen LogP contribution in [-0.4, -0.2) is 0 Å². The standard InChI is InChI=1S/C56H41N/c1-5-19-40(20-6-1)55(51-30-16-13-27-47(51)48-28-14-17-31-52(48)55)43-33-35-45(36-34-43)57(44-25-11-4-12-26-44)46-37-38-50-49-29-15-18-32-53(49)56(54(50)39-46,41-21-7-2-8-22-41)42-23-9-3-10-24-42/h2-5,7-39H,1,6H2. The summed E-state index contributed by atoms with van der Waals surface area (Å²) >= 11 is 0. The zero-order valence-corrected chi connectivity index (χ0v) is 31.7. The van der Waals surface area contributed by atoms with Crippen LogP contribution in [0.3, 0.4) is 0 Å². The van der Waals surface area contributed by atoms with Crippen molar-refractivity contribution in [3.63, 3.8) is 0 Å². The number of benzene rings is 8. The van der Waals surface area contributed by atoms with Gasteiger partial charge < -0.3 is 4.90 Å². The highest BCUT2D eigenvalue weighted by molar-refractivity contribution is 5.90. The minimum Gasteiger partial charge on any atom is -0.310 e. The molecule has 270 valence electrons. The fourth-order valence-corrected chi connectivity index (χ4v) is 10.4. The average molecular weight is 728 g/mol. The SMILES string of the molecule is C1=CC(C2(c3ccc(N(c4ccccc4)c4ccc5c(c4)C(c4ccccc4)(c4ccccc4)c4ccccc4-5)cc3)c3ccccc3-c3ccccc32)=CCC1. The van der Waals surface area contributed by atoms with Gasteiger partial charge in [0.2, 0.25) is 0 Å². The Morgan fingerprint density at radius 3 is 1.32 bits per heavy atom. The van der Waals surface area contributed by atoms with E-state index in [1.807, 2.05) is 0 Å². The number of nitrogens with zero attached hydrogens (tertiary/aromatic N) is 1. The first-order valence-electron chi connectivity index (χ1n) is 20.2. The molecular weight excluding hydrogens is 687 g/mol. The maximum atomic E-state index is 2.47. The van der Waals surface area contributed by atoms with Gasteiger partial charge in [-0.3, -0.25) is 0 Å². The molecule has 57 heavy (non-hydrogen) atoms. The van der Waals surface area contributed by atoms with E-state index in [2.05, 4.69) is 229 Å². The lowest BCUT2D eigenvalue weighted by Crippen LogP contribution is -2.29. The summed E-state index contributed by atoms with van der Waals surface area (Å²) in [5.41, 5.74) is 18.2. The first kappa shape index (κ1) is 33.4. The quantitative estimate of drug-likeness (QED) is 0.158. The highest BCUT2D eigenvalue weighted by Crippen LogP contribution is 2.59. The summed E-state index contributed by atoms with van der Waals surface area (Å²) in [7, 11) is 0. The Kier molecular flexibility index (Phi) is 7.82. The van der Waals surface area contributed by atoms with Crippen LogP contribution in [0, 0.1) is 0 Å². The predicted octanol–water partition coefficient (Wildman–Crippen LogP) is 14.1. The summed E-state index contributed by atoms with van der Waals surface area (Å²) in [5, 5.41) is 0. The van der Waals surface area contributed by atoms with Crippen LogP contribution in [0.2, 0.25) is 0 Å². The molecule has 1 heteroatoms. The molecule has 0 N–H and O–H groups in total. The lowest BCUT2D eigenvalue weighted by Gasteiger charge is -2.36. The molecule has 0 spiro atoms. The van der Waals surface area contributed by atoms with Crippen molar-refractivity contribution in [3.05, 3.63) is 269 Å². The van der Waals surface area contributed by atoms with E-state index < -0.39 is 10.8 Å². The molecule has 0 aliphatic heterocycles. The summed E-state index contributed by atoms with van der Waals surface area (Å²) < 4.78 is 0. The fourth-order valence-electron chi connectivity index (χ4n) is 10.4. The molecule has 0 aromatic heterocycles. The van der Waals surface area contributed by atoms with Gasteiger partial charge in [-0.15, -0.1) is 0 Å². The van der Waals surface area contributed by atoms with Crippen molar-refractivity contribution in [1.29, 1.82) is 0 Å². The molecule has 0 atom stereocenters. The molecule has 0 fully saturated rings. The molecule has 8 aromatic rings. The molecule has 8 aromatic carbocycles. The molecular formula is C56H41N. The second kappa shape index (κ2) is 13.4. The first-order valence-corrected chi connectivity index (χ1v) is 20.2. The van der Waals surface area contributed by atoms with Crippen molar-refractivity contribution in [2.75, 3.05) is 4.90 Å². The van der Waals surface area contributed by atoms with Gasteiger partial charge in [-0.1, -0.05) is 188 Å². The maximum absolute atomic E-state index is 2.47. The molecule has 3 aliphatic rings. The van der Waals surface area contributed by atoms with Gasteiger partial charge in [0.25, 0.3) is 0 Å². The molecule has 0 heterocycles. The van der Waals surface area contributed by atoms with Crippen molar-refractivity contribution in [1.82, 2.24) is 0 Å². The Labute approximate surface area is 335 Å². The van der Waals surface area contributed by atoms with E-state index in [0.717, 1.165) is 29.9 Å². The monoisotopic (exact) mass is 727 g/mol. The summed E-state index contributed by atoms with van der Waals surface area (Å²) in [6.45, 7) is 0. The van der Waals surface area contributed by atoms with E-state index in [1.54, 1.807) is 0 Å². The number of rotatable bonds is 7. The number of fused-ring (bicyclic) bond motifs is 6. The van der Waals surface area contributed by atoms with E-state index in [0.29, 0.717) is 0 Å². The molecule has 3 aliphatic carbocycles.